The lowest BCUT2D eigenvalue weighted by Gasteiger charge is -2.24. The molecule has 0 spiro atoms. The SMILES string of the molecule is CC/C=C\C/C=C\C/C=C\C/C=C\C/C=C\CCCCCCCCCC(=O)OC(COC(=O)CCCCCCCCCCCCCCCCC/C=C\CCCCCCCCCC)COP(=O)(O)OCC[N+](C)(C)C. The molecule has 0 amide bonds. The molecule has 0 aromatic carbocycles. The molecular weight excluding hydrogens is 942 g/mol. The van der Waals surface area contributed by atoms with Gasteiger partial charge >= 0.3 is 19.8 Å². The number of unbranched alkanes of at least 4 members (excludes halogenated alkanes) is 30. The van der Waals surface area contributed by atoms with E-state index in [-0.39, 0.29) is 32.0 Å². The molecule has 1 N–H and O–H groups in total. The van der Waals surface area contributed by atoms with Crippen LogP contribution in [0.25, 0.3) is 0 Å². The van der Waals surface area contributed by atoms with Gasteiger partial charge in [-0.2, -0.15) is 0 Å². The Morgan fingerprint density at radius 2 is 0.770 bits per heavy atom. The summed E-state index contributed by atoms with van der Waals surface area (Å²) in [5.41, 5.74) is 0. The summed E-state index contributed by atoms with van der Waals surface area (Å²) in [6, 6.07) is 0. The molecule has 2 unspecified atom stereocenters. The Hall–Kier alpha value is -2.55. The lowest BCUT2D eigenvalue weighted by Crippen LogP contribution is -2.37. The van der Waals surface area contributed by atoms with E-state index in [9.17, 15) is 19.0 Å². The fraction of sp³-hybridized carbons (Fsp3) is 0.781. The highest BCUT2D eigenvalue weighted by Crippen LogP contribution is 2.43. The summed E-state index contributed by atoms with van der Waals surface area (Å²) in [6.45, 7) is 4.33. The van der Waals surface area contributed by atoms with Crippen molar-refractivity contribution in [1.82, 2.24) is 0 Å². The number of likely N-dealkylation sites (N-methyl/N-ethyl adjacent to an activating group) is 1. The van der Waals surface area contributed by atoms with Gasteiger partial charge < -0.3 is 18.9 Å². The number of allylic oxidation sites excluding steroid dienone is 12. The minimum absolute atomic E-state index is 0.0271. The highest BCUT2D eigenvalue weighted by Gasteiger charge is 2.27. The Labute approximate surface area is 457 Å². The molecular formula is C64H117NO8P+. The van der Waals surface area contributed by atoms with Crippen LogP contribution in [0.2, 0.25) is 0 Å². The molecule has 0 aliphatic rings. The van der Waals surface area contributed by atoms with Crippen molar-refractivity contribution in [2.75, 3.05) is 47.5 Å². The number of carbonyl (C=O) groups excluding carboxylic acids is 2. The molecule has 0 fully saturated rings. The summed E-state index contributed by atoms with van der Waals surface area (Å²) < 4.78 is 34.6. The van der Waals surface area contributed by atoms with E-state index in [0.717, 1.165) is 77.0 Å². The monoisotopic (exact) mass is 1060 g/mol. The van der Waals surface area contributed by atoms with Crippen LogP contribution in [0.4, 0.5) is 0 Å². The fourth-order valence-electron chi connectivity index (χ4n) is 8.51. The van der Waals surface area contributed by atoms with Gasteiger partial charge in [-0.25, -0.2) is 4.57 Å². The first kappa shape index (κ1) is 71.5. The topological polar surface area (TPSA) is 108 Å². The average Bonchev–Trinajstić information content (AvgIpc) is 3.36. The number of hydrogen-bond acceptors (Lipinski definition) is 7. The van der Waals surface area contributed by atoms with Gasteiger partial charge in [-0.1, -0.05) is 247 Å². The van der Waals surface area contributed by atoms with Gasteiger partial charge in [-0.15, -0.1) is 0 Å². The van der Waals surface area contributed by atoms with Gasteiger partial charge in [-0.3, -0.25) is 18.6 Å². The van der Waals surface area contributed by atoms with Gasteiger partial charge in [0.2, 0.25) is 0 Å². The van der Waals surface area contributed by atoms with E-state index in [0.29, 0.717) is 17.4 Å². The van der Waals surface area contributed by atoms with Gasteiger partial charge in [0.15, 0.2) is 6.10 Å². The zero-order valence-corrected chi connectivity index (χ0v) is 49.7. The van der Waals surface area contributed by atoms with Gasteiger partial charge in [0.25, 0.3) is 0 Å². The first-order valence-electron chi connectivity index (χ1n) is 30.7. The Morgan fingerprint density at radius 3 is 1.16 bits per heavy atom. The van der Waals surface area contributed by atoms with Crippen molar-refractivity contribution in [3.05, 3.63) is 72.9 Å². The summed E-state index contributed by atoms with van der Waals surface area (Å²) >= 11 is 0. The van der Waals surface area contributed by atoms with E-state index in [1.807, 2.05) is 21.1 Å². The zero-order valence-electron chi connectivity index (χ0n) is 48.8. The van der Waals surface area contributed by atoms with Crippen molar-refractivity contribution in [1.29, 1.82) is 0 Å². The van der Waals surface area contributed by atoms with Crippen molar-refractivity contribution >= 4 is 19.8 Å². The van der Waals surface area contributed by atoms with E-state index in [2.05, 4.69) is 86.8 Å². The van der Waals surface area contributed by atoms with Crippen LogP contribution < -0.4 is 0 Å². The average molecular weight is 1060 g/mol. The van der Waals surface area contributed by atoms with Crippen molar-refractivity contribution in [2.45, 2.75) is 277 Å². The summed E-state index contributed by atoms with van der Waals surface area (Å²) in [6.07, 6.45) is 72.6. The molecule has 0 radical (unpaired) electrons. The third-order valence-corrected chi connectivity index (χ3v) is 14.2. The smallest absolute Gasteiger partial charge is 0.462 e. The first-order valence-corrected chi connectivity index (χ1v) is 32.2. The largest absolute Gasteiger partial charge is 0.472 e. The summed E-state index contributed by atoms with van der Waals surface area (Å²) in [4.78, 5) is 35.7. The van der Waals surface area contributed by atoms with Crippen LogP contribution in [0.15, 0.2) is 72.9 Å². The molecule has 0 bridgehead atoms. The first-order chi connectivity index (χ1) is 36.0. The number of carbonyl (C=O) groups is 2. The second-order valence-electron chi connectivity index (χ2n) is 21.7. The number of rotatable bonds is 56. The predicted molar refractivity (Wildman–Crippen MR) is 316 cm³/mol. The number of hydrogen-bond donors (Lipinski definition) is 1. The third kappa shape index (κ3) is 58.7. The molecule has 74 heavy (non-hydrogen) atoms. The van der Waals surface area contributed by atoms with Crippen LogP contribution in [0.5, 0.6) is 0 Å². The molecule has 2 atom stereocenters. The molecule has 9 nitrogen and oxygen atoms in total. The molecule has 0 aromatic rings. The van der Waals surface area contributed by atoms with E-state index in [1.54, 1.807) is 0 Å². The normalized spacial score (nSPS) is 13.8. The van der Waals surface area contributed by atoms with Crippen molar-refractivity contribution in [2.24, 2.45) is 0 Å². The highest BCUT2D eigenvalue weighted by molar-refractivity contribution is 7.47. The second-order valence-corrected chi connectivity index (χ2v) is 23.2. The predicted octanol–water partition coefficient (Wildman–Crippen LogP) is 19.3. The number of ether oxygens (including phenoxy) is 2. The molecule has 0 aliphatic heterocycles. The third-order valence-electron chi connectivity index (χ3n) is 13.2. The van der Waals surface area contributed by atoms with Crippen LogP contribution in [0.1, 0.15) is 271 Å². The Balaban J connectivity index is 4.14. The quantitative estimate of drug-likeness (QED) is 0.0211. The van der Waals surface area contributed by atoms with Crippen LogP contribution in [0.3, 0.4) is 0 Å². The number of phosphoric acid groups is 1. The standard InChI is InChI=1S/C64H116NO8P/c1-6-8-10-12-14-16-18-20-22-24-26-28-30-31-32-33-35-36-38-40-42-44-46-48-50-52-54-56-63(66)70-60-62(61-72-74(68,69)71-59-58-65(3,4)5)73-64(67)57-55-53-51-49-47-45-43-41-39-37-34-29-27-25-23-21-19-17-15-13-11-9-7-2/h9,11,15,17,21,23-24,26-27,29,37,39,62H,6-8,10,12-14,16,18-20,22,25,28,30-36,38,40-61H2,1-5H3/p+1/b11-9-,17-15-,23-21-,26-24-,29-27-,39-37-. The molecule has 0 saturated carbocycles. The van der Waals surface area contributed by atoms with E-state index >= 15 is 0 Å². The fourth-order valence-corrected chi connectivity index (χ4v) is 9.25. The van der Waals surface area contributed by atoms with Gasteiger partial charge in [-0.05, 0) is 83.5 Å². The van der Waals surface area contributed by atoms with Crippen molar-refractivity contribution in [3.8, 4) is 0 Å². The molecule has 0 heterocycles. The molecule has 0 saturated heterocycles. The maximum atomic E-state index is 12.8. The molecule has 430 valence electrons. The van der Waals surface area contributed by atoms with E-state index in [4.69, 9.17) is 18.5 Å². The molecule has 0 rings (SSSR count). The second kappa shape index (κ2) is 55.2. The maximum absolute atomic E-state index is 12.8. The molecule has 0 aliphatic carbocycles. The lowest BCUT2D eigenvalue weighted by molar-refractivity contribution is -0.870. The number of nitrogens with zero attached hydrogens (tertiary/aromatic N) is 1. The van der Waals surface area contributed by atoms with Crippen LogP contribution in [0, 0.1) is 0 Å². The lowest BCUT2D eigenvalue weighted by atomic mass is 10.0. The maximum Gasteiger partial charge on any atom is 0.472 e. The Morgan fingerprint density at radius 1 is 0.432 bits per heavy atom. The van der Waals surface area contributed by atoms with Gasteiger partial charge in [0, 0.05) is 12.8 Å². The zero-order chi connectivity index (χ0) is 54.2. The summed E-state index contributed by atoms with van der Waals surface area (Å²) in [5.74, 6) is -0.804. The van der Waals surface area contributed by atoms with Crippen LogP contribution in [-0.4, -0.2) is 74.9 Å². The number of phosphoric ester groups is 1. The van der Waals surface area contributed by atoms with Crippen molar-refractivity contribution in [3.63, 3.8) is 0 Å². The highest BCUT2D eigenvalue weighted by atomic mass is 31.2. The Kier molecular flexibility index (Phi) is 53.3. The summed E-state index contributed by atoms with van der Waals surface area (Å²) in [7, 11) is 1.47. The Bertz CT molecular complexity index is 1480. The van der Waals surface area contributed by atoms with Gasteiger partial charge in [0.05, 0.1) is 27.7 Å². The van der Waals surface area contributed by atoms with Crippen molar-refractivity contribution < 1.29 is 42.1 Å². The number of quaternary nitrogens is 1. The van der Waals surface area contributed by atoms with Crippen LogP contribution in [-0.2, 0) is 32.7 Å². The minimum atomic E-state index is -4.39. The number of esters is 2. The van der Waals surface area contributed by atoms with Crippen LogP contribution >= 0.6 is 7.82 Å². The summed E-state index contributed by atoms with van der Waals surface area (Å²) in [5, 5.41) is 0. The molecule has 0 aromatic heterocycles. The molecule has 10 heteroatoms. The minimum Gasteiger partial charge on any atom is -0.462 e. The van der Waals surface area contributed by atoms with E-state index < -0.39 is 26.5 Å². The van der Waals surface area contributed by atoms with E-state index in [1.165, 1.54) is 161 Å². The van der Waals surface area contributed by atoms with Gasteiger partial charge in [0.1, 0.15) is 19.8 Å².